The lowest BCUT2D eigenvalue weighted by molar-refractivity contribution is -0.120. The van der Waals surface area contributed by atoms with Crippen molar-refractivity contribution in [2.45, 2.75) is 19.9 Å². The van der Waals surface area contributed by atoms with Crippen molar-refractivity contribution in [2.24, 2.45) is 0 Å². The maximum atomic E-state index is 14.3. The van der Waals surface area contributed by atoms with Crippen molar-refractivity contribution in [3.63, 3.8) is 0 Å². The largest absolute Gasteiger partial charge is 0.493 e. The van der Waals surface area contributed by atoms with Gasteiger partial charge in [-0.3, -0.25) is 14.3 Å². The van der Waals surface area contributed by atoms with Crippen molar-refractivity contribution in [3.8, 4) is 17.2 Å². The number of hydrogen-bond acceptors (Lipinski definition) is 8. The van der Waals surface area contributed by atoms with E-state index in [0.717, 1.165) is 27.8 Å². The van der Waals surface area contributed by atoms with E-state index in [4.69, 9.17) is 24.0 Å². The van der Waals surface area contributed by atoms with Gasteiger partial charge in [0.05, 0.1) is 20.6 Å². The third-order valence-electron chi connectivity index (χ3n) is 6.17. The number of methoxy groups -OCH3 is 2. The zero-order chi connectivity index (χ0) is 27.9. The fourth-order valence-electron chi connectivity index (χ4n) is 4.33. The lowest BCUT2D eigenvalue weighted by Crippen LogP contribution is -2.22. The predicted octanol–water partition coefficient (Wildman–Crippen LogP) is 4.84. The van der Waals surface area contributed by atoms with Gasteiger partial charge in [-0.1, -0.05) is 12.1 Å². The highest BCUT2D eigenvalue weighted by atomic mass is 31.2. The number of benzene rings is 2. The van der Waals surface area contributed by atoms with Crippen molar-refractivity contribution >= 4 is 31.7 Å². The molecule has 1 aromatic heterocycles. The smallest absolute Gasteiger partial charge is 0.330 e. The lowest BCUT2D eigenvalue weighted by atomic mass is 10.00. The normalized spacial score (nSPS) is 13.6. The van der Waals surface area contributed by atoms with Crippen LogP contribution < -0.4 is 19.5 Å². The van der Waals surface area contributed by atoms with E-state index in [1.54, 1.807) is 36.7 Å². The number of allylic oxidation sites excluding steroid dienone is 2. The second-order valence-corrected chi connectivity index (χ2v) is 9.33. The van der Waals surface area contributed by atoms with Gasteiger partial charge in [-0.25, -0.2) is 4.39 Å². The number of ether oxygens (including phenoxy) is 3. The first kappa shape index (κ1) is 28.2. The fraction of sp³-hybridized carbons (Fsp3) is 0.214. The first-order valence-corrected chi connectivity index (χ1v) is 13.0. The summed E-state index contributed by atoms with van der Waals surface area (Å²) in [5, 5.41) is 2.90. The molecule has 1 aliphatic carbocycles. The Bertz CT molecular complexity index is 1390. The fourth-order valence-corrected chi connectivity index (χ4v) is 4.48. The van der Waals surface area contributed by atoms with Crippen LogP contribution in [0.25, 0.3) is 17.2 Å². The highest BCUT2D eigenvalue weighted by molar-refractivity contribution is 7.39. The summed E-state index contributed by atoms with van der Waals surface area (Å²) >= 11 is 0. The van der Waals surface area contributed by atoms with Gasteiger partial charge in [-0.05, 0) is 82.3 Å². The number of nitrogens with one attached hydrogen (secondary N) is 1. The number of amides is 1. The molecule has 0 atom stereocenters. The molecule has 0 unspecified atom stereocenters. The average Bonchev–Trinajstić information content (AvgIpc) is 3.17. The Hall–Kier alpha value is -3.82. The van der Waals surface area contributed by atoms with Crippen LogP contribution in [0.2, 0.25) is 0 Å². The molecule has 0 saturated carbocycles. The van der Waals surface area contributed by atoms with E-state index in [0.29, 0.717) is 29.2 Å². The van der Waals surface area contributed by atoms with Crippen LogP contribution in [-0.4, -0.2) is 41.7 Å². The quantitative estimate of drug-likeness (QED) is 0.228. The van der Waals surface area contributed by atoms with Crippen molar-refractivity contribution in [2.75, 3.05) is 21.0 Å². The first-order valence-electron chi connectivity index (χ1n) is 11.9. The zero-order valence-corrected chi connectivity index (χ0v) is 22.5. The Morgan fingerprint density at radius 3 is 2.49 bits per heavy atom. The minimum Gasteiger partial charge on any atom is -0.493 e. The molecule has 3 N–H and O–H groups in total. The molecule has 11 heteroatoms. The second-order valence-electron chi connectivity index (χ2n) is 8.56. The summed E-state index contributed by atoms with van der Waals surface area (Å²) < 4.78 is 35.4. The van der Waals surface area contributed by atoms with Gasteiger partial charge < -0.3 is 29.3 Å². The number of carbonyl (C=O) groups excluding carboxylic acids is 1. The Labute approximate surface area is 226 Å². The van der Waals surface area contributed by atoms with E-state index in [1.807, 2.05) is 19.1 Å². The van der Waals surface area contributed by atoms with Gasteiger partial charge in [-0.15, -0.1) is 0 Å². The standard InChI is InChI=1S/C28H28FN2O7P/c1-17-22(9-19-10-25(35-2)28(26(11-19)36-3)37-16-38-39(33)34)21-7-6-20(29)12-24(21)23(17)13-27(32)31-15-18-5-4-8-30-14-18/h4-12,14,33-34H,13,15-16H2,1-3H3,(H,31,32)/b22-9-. The first-order chi connectivity index (χ1) is 18.8. The molecular formula is C28H28FN2O7P. The maximum Gasteiger partial charge on any atom is 0.330 e. The molecule has 0 bridgehead atoms. The molecule has 9 nitrogen and oxygen atoms in total. The van der Waals surface area contributed by atoms with Crippen LogP contribution in [0.5, 0.6) is 17.2 Å². The van der Waals surface area contributed by atoms with Gasteiger partial charge in [0, 0.05) is 18.9 Å². The summed E-state index contributed by atoms with van der Waals surface area (Å²) in [6.07, 6.45) is 5.34. The summed E-state index contributed by atoms with van der Waals surface area (Å²) in [4.78, 5) is 34.8. The number of aromatic nitrogens is 1. The molecule has 0 aliphatic heterocycles. The van der Waals surface area contributed by atoms with E-state index in [1.165, 1.54) is 26.4 Å². The van der Waals surface area contributed by atoms with Gasteiger partial charge in [0.15, 0.2) is 18.3 Å². The molecule has 204 valence electrons. The molecule has 1 heterocycles. The number of nitrogens with zero attached hydrogens (tertiary/aromatic N) is 1. The van der Waals surface area contributed by atoms with Gasteiger partial charge in [0.25, 0.3) is 0 Å². The highest BCUT2D eigenvalue weighted by Crippen LogP contribution is 2.45. The number of pyridine rings is 1. The Morgan fingerprint density at radius 1 is 1.10 bits per heavy atom. The van der Waals surface area contributed by atoms with Crippen LogP contribution in [-0.2, 0) is 15.9 Å². The topological polar surface area (TPSA) is 119 Å². The Morgan fingerprint density at radius 2 is 1.85 bits per heavy atom. The monoisotopic (exact) mass is 554 g/mol. The van der Waals surface area contributed by atoms with Gasteiger partial charge in [0.1, 0.15) is 5.82 Å². The minimum absolute atomic E-state index is 0.0809. The number of carbonyl (C=O) groups is 1. The van der Waals surface area contributed by atoms with Crippen LogP contribution >= 0.6 is 8.60 Å². The molecule has 3 aromatic rings. The van der Waals surface area contributed by atoms with Crippen molar-refractivity contribution in [3.05, 3.63) is 88.5 Å². The predicted molar refractivity (Wildman–Crippen MR) is 145 cm³/mol. The van der Waals surface area contributed by atoms with Crippen molar-refractivity contribution < 1.29 is 37.7 Å². The molecule has 1 amide bonds. The maximum absolute atomic E-state index is 14.3. The Kier molecular flexibility index (Phi) is 9.27. The van der Waals surface area contributed by atoms with Crippen molar-refractivity contribution in [1.29, 1.82) is 0 Å². The van der Waals surface area contributed by atoms with E-state index in [2.05, 4.69) is 14.8 Å². The van der Waals surface area contributed by atoms with Crippen LogP contribution in [0.4, 0.5) is 4.39 Å². The summed E-state index contributed by atoms with van der Waals surface area (Å²) in [6.45, 7) is 1.83. The van der Waals surface area contributed by atoms with Crippen LogP contribution in [0.3, 0.4) is 0 Å². The molecule has 1 aliphatic rings. The lowest BCUT2D eigenvalue weighted by Gasteiger charge is -2.16. The zero-order valence-electron chi connectivity index (χ0n) is 21.6. The molecule has 0 radical (unpaired) electrons. The van der Waals surface area contributed by atoms with Gasteiger partial charge in [0.2, 0.25) is 11.7 Å². The molecule has 2 aromatic carbocycles. The molecule has 0 fully saturated rings. The number of halogens is 1. The molecule has 4 rings (SSSR count). The number of fused-ring (bicyclic) bond motifs is 1. The SMILES string of the molecule is COc1cc(/C=C2/C(C)=C(CC(=O)NCc3cccnc3)c3cc(F)ccc32)cc(OC)c1OCOP(O)O. The minimum atomic E-state index is -2.58. The summed E-state index contributed by atoms with van der Waals surface area (Å²) in [6, 6.07) is 11.7. The van der Waals surface area contributed by atoms with E-state index < -0.39 is 21.2 Å². The van der Waals surface area contributed by atoms with E-state index in [-0.39, 0.29) is 18.1 Å². The van der Waals surface area contributed by atoms with Crippen LogP contribution in [0.15, 0.2) is 60.4 Å². The number of rotatable bonds is 11. The molecule has 0 saturated heterocycles. The third kappa shape index (κ3) is 6.79. The van der Waals surface area contributed by atoms with Crippen LogP contribution in [0, 0.1) is 5.82 Å². The van der Waals surface area contributed by atoms with Gasteiger partial charge in [-0.2, -0.15) is 0 Å². The van der Waals surface area contributed by atoms with E-state index >= 15 is 0 Å². The summed E-state index contributed by atoms with van der Waals surface area (Å²) in [5.74, 6) is 0.313. The Balaban J connectivity index is 1.65. The van der Waals surface area contributed by atoms with Crippen molar-refractivity contribution in [1.82, 2.24) is 10.3 Å². The highest BCUT2D eigenvalue weighted by Gasteiger charge is 2.26. The number of hydrogen-bond donors (Lipinski definition) is 3. The summed E-state index contributed by atoms with van der Waals surface area (Å²) in [7, 11) is 0.351. The summed E-state index contributed by atoms with van der Waals surface area (Å²) in [5.41, 5.74) is 5.46. The molecular weight excluding hydrogens is 526 g/mol. The van der Waals surface area contributed by atoms with Gasteiger partial charge >= 0.3 is 8.60 Å². The molecule has 39 heavy (non-hydrogen) atoms. The average molecular weight is 555 g/mol. The third-order valence-corrected chi connectivity index (χ3v) is 6.51. The van der Waals surface area contributed by atoms with Crippen LogP contribution in [0.1, 0.15) is 35.6 Å². The van der Waals surface area contributed by atoms with E-state index in [9.17, 15) is 9.18 Å². The second kappa shape index (κ2) is 12.8. The molecule has 0 spiro atoms.